The molecule has 1 atom stereocenters. The number of hydrogen-bond acceptors (Lipinski definition) is 2. The molecule has 0 rings (SSSR count). The number of rotatable bonds is 10. The highest BCUT2D eigenvalue weighted by Gasteiger charge is 2.22. The summed E-state index contributed by atoms with van der Waals surface area (Å²) in [6.07, 6.45) is 12.1. The van der Waals surface area contributed by atoms with Gasteiger partial charge in [-0.05, 0) is 34.9 Å². The van der Waals surface area contributed by atoms with Crippen LogP contribution in [0.3, 0.4) is 0 Å². The van der Waals surface area contributed by atoms with Crippen LogP contribution in [0.2, 0.25) is 0 Å². The fourth-order valence-corrected chi connectivity index (χ4v) is 2.12. The second-order valence-electron chi connectivity index (χ2n) is 4.99. The molecule has 0 aliphatic heterocycles. The van der Waals surface area contributed by atoms with Crippen molar-refractivity contribution in [2.24, 2.45) is 17.4 Å². The van der Waals surface area contributed by atoms with E-state index < -0.39 is 3.67 Å². The molecule has 4 N–H and O–H groups in total. The minimum Gasteiger partial charge on any atom is -0.305 e. The third-order valence-electron chi connectivity index (χ3n) is 3.25. The predicted octanol–water partition coefficient (Wildman–Crippen LogP) is 4.16. The summed E-state index contributed by atoms with van der Waals surface area (Å²) in [6.45, 7) is 4.41. The van der Waals surface area contributed by atoms with Gasteiger partial charge in [-0.1, -0.05) is 65.2 Å². The zero-order valence-electron chi connectivity index (χ0n) is 11.0. The Bertz CT molecular complexity index is 155. The van der Waals surface area contributed by atoms with Gasteiger partial charge < -0.3 is 11.5 Å². The Balaban J connectivity index is 3.21. The Morgan fingerprint density at radius 1 is 0.938 bits per heavy atom. The van der Waals surface area contributed by atoms with Crippen LogP contribution in [0.15, 0.2) is 0 Å². The number of alkyl halides is 1. The Kier molecular flexibility index (Phi) is 10.0. The first-order valence-corrected chi connectivity index (χ1v) is 7.83. The van der Waals surface area contributed by atoms with Gasteiger partial charge in [0.05, 0.1) is 0 Å². The highest BCUT2D eigenvalue weighted by Crippen LogP contribution is 2.22. The lowest BCUT2D eigenvalue weighted by Crippen LogP contribution is -2.48. The van der Waals surface area contributed by atoms with Crippen molar-refractivity contribution in [3.05, 3.63) is 0 Å². The Morgan fingerprint density at radius 3 is 1.81 bits per heavy atom. The van der Waals surface area contributed by atoms with E-state index in [9.17, 15) is 0 Å². The zero-order chi connectivity index (χ0) is 12.4. The number of nitrogens with two attached hydrogens (primary N) is 2. The van der Waals surface area contributed by atoms with E-state index in [1.165, 1.54) is 51.4 Å². The maximum absolute atomic E-state index is 5.84. The quantitative estimate of drug-likeness (QED) is 0.206. The first-order chi connectivity index (χ1) is 7.48. The van der Waals surface area contributed by atoms with Crippen molar-refractivity contribution in [3.63, 3.8) is 0 Å². The lowest BCUT2D eigenvalue weighted by atomic mass is 9.99. The lowest BCUT2D eigenvalue weighted by Gasteiger charge is -2.24. The molecule has 0 aromatic carbocycles. The molecule has 0 amide bonds. The Morgan fingerprint density at radius 2 is 1.38 bits per heavy atom. The average molecular weight is 340 g/mol. The van der Waals surface area contributed by atoms with Gasteiger partial charge in [-0.15, -0.1) is 0 Å². The van der Waals surface area contributed by atoms with E-state index in [1.807, 2.05) is 0 Å². The zero-order valence-corrected chi connectivity index (χ0v) is 13.1. The average Bonchev–Trinajstić information content (AvgIpc) is 2.20. The second kappa shape index (κ2) is 9.66. The lowest BCUT2D eigenvalue weighted by molar-refractivity contribution is 0.397. The van der Waals surface area contributed by atoms with Gasteiger partial charge in [0.1, 0.15) is 3.67 Å². The maximum atomic E-state index is 5.84. The van der Waals surface area contributed by atoms with Gasteiger partial charge in [-0.25, -0.2) is 0 Å². The summed E-state index contributed by atoms with van der Waals surface area (Å²) in [5.41, 5.74) is 11.7. The summed E-state index contributed by atoms with van der Waals surface area (Å²) in [4.78, 5) is 0. The molecule has 0 saturated heterocycles. The van der Waals surface area contributed by atoms with E-state index in [0.29, 0.717) is 5.92 Å². The fraction of sp³-hybridized carbons (Fsp3) is 1.00. The number of hydrogen-bond donors (Lipinski definition) is 2. The van der Waals surface area contributed by atoms with Gasteiger partial charge in [0.25, 0.3) is 0 Å². The molecule has 0 radical (unpaired) electrons. The summed E-state index contributed by atoms with van der Waals surface area (Å²) < 4.78 is -0.529. The van der Waals surface area contributed by atoms with Crippen molar-refractivity contribution in [1.29, 1.82) is 0 Å². The van der Waals surface area contributed by atoms with E-state index in [-0.39, 0.29) is 0 Å². The molecule has 16 heavy (non-hydrogen) atoms. The van der Waals surface area contributed by atoms with Gasteiger partial charge in [0.2, 0.25) is 0 Å². The monoisotopic (exact) mass is 340 g/mol. The topological polar surface area (TPSA) is 52.0 Å². The third kappa shape index (κ3) is 9.85. The fourth-order valence-electron chi connectivity index (χ4n) is 1.81. The molecular weight excluding hydrogens is 311 g/mol. The minimum atomic E-state index is -0.529. The maximum Gasteiger partial charge on any atom is 0.120 e. The Hall–Kier alpha value is 0.650. The van der Waals surface area contributed by atoms with Crippen LogP contribution < -0.4 is 11.5 Å². The summed E-state index contributed by atoms with van der Waals surface area (Å²) in [5, 5.41) is 0. The van der Waals surface area contributed by atoms with Gasteiger partial charge >= 0.3 is 0 Å². The molecule has 3 heteroatoms. The Labute approximate surface area is 115 Å². The number of unbranched alkanes of at least 4 members (excludes halogenated alkanes) is 7. The van der Waals surface area contributed by atoms with Crippen LogP contribution in [0.4, 0.5) is 0 Å². The van der Waals surface area contributed by atoms with Crippen molar-refractivity contribution in [2.75, 3.05) is 0 Å². The van der Waals surface area contributed by atoms with Crippen LogP contribution in [0.5, 0.6) is 0 Å². The van der Waals surface area contributed by atoms with Crippen molar-refractivity contribution < 1.29 is 0 Å². The first-order valence-electron chi connectivity index (χ1n) is 6.75. The van der Waals surface area contributed by atoms with Crippen LogP contribution in [0.25, 0.3) is 0 Å². The summed E-state index contributed by atoms with van der Waals surface area (Å²) in [6, 6.07) is 0. The molecule has 0 fully saturated rings. The van der Waals surface area contributed by atoms with E-state index in [2.05, 4.69) is 36.4 Å². The molecule has 1 unspecified atom stereocenters. The molecule has 0 heterocycles. The van der Waals surface area contributed by atoms with Crippen molar-refractivity contribution in [1.82, 2.24) is 0 Å². The first kappa shape index (κ1) is 16.6. The van der Waals surface area contributed by atoms with E-state index in [0.717, 1.165) is 6.42 Å². The smallest absolute Gasteiger partial charge is 0.120 e. The molecule has 0 saturated carbocycles. The van der Waals surface area contributed by atoms with Crippen LogP contribution in [0, 0.1) is 5.92 Å². The molecule has 98 valence electrons. The highest BCUT2D eigenvalue weighted by molar-refractivity contribution is 14.1. The van der Waals surface area contributed by atoms with E-state index in [1.54, 1.807) is 0 Å². The largest absolute Gasteiger partial charge is 0.305 e. The minimum absolute atomic E-state index is 0.410. The molecule has 0 aliphatic carbocycles. The van der Waals surface area contributed by atoms with Crippen LogP contribution >= 0.6 is 22.6 Å². The predicted molar refractivity (Wildman–Crippen MR) is 81.5 cm³/mol. The van der Waals surface area contributed by atoms with Crippen molar-refractivity contribution in [2.45, 2.75) is 75.3 Å². The third-order valence-corrected chi connectivity index (χ3v) is 4.31. The van der Waals surface area contributed by atoms with Gasteiger partial charge in [0.15, 0.2) is 0 Å². The van der Waals surface area contributed by atoms with Crippen LogP contribution in [-0.2, 0) is 0 Å². The standard InChI is InChI=1S/C13H29IN2/c1-3-4-5-6-7-8-9-10-11-12(2)13(14,15)16/h12H,3-11,15-16H2,1-2H3. The normalized spacial score (nSPS) is 14.1. The SMILES string of the molecule is CCCCCCCCCCC(C)C(N)(N)I. The van der Waals surface area contributed by atoms with Crippen molar-refractivity contribution in [3.8, 4) is 0 Å². The van der Waals surface area contributed by atoms with Crippen molar-refractivity contribution >= 4 is 22.6 Å². The van der Waals surface area contributed by atoms with Gasteiger partial charge in [0, 0.05) is 0 Å². The molecule has 2 nitrogen and oxygen atoms in total. The van der Waals surface area contributed by atoms with Gasteiger partial charge in [-0.3, -0.25) is 0 Å². The second-order valence-corrected chi connectivity index (χ2v) is 6.86. The molecular formula is C13H29IN2. The summed E-state index contributed by atoms with van der Waals surface area (Å²) in [7, 11) is 0. The number of halogens is 1. The molecule has 0 aromatic rings. The van der Waals surface area contributed by atoms with Gasteiger partial charge in [-0.2, -0.15) is 0 Å². The molecule has 0 aromatic heterocycles. The van der Waals surface area contributed by atoms with Crippen LogP contribution in [0.1, 0.15) is 71.6 Å². The molecule has 0 spiro atoms. The molecule has 0 bridgehead atoms. The van der Waals surface area contributed by atoms with Crippen LogP contribution in [-0.4, -0.2) is 3.67 Å². The summed E-state index contributed by atoms with van der Waals surface area (Å²) >= 11 is 2.14. The molecule has 0 aliphatic rings. The highest BCUT2D eigenvalue weighted by atomic mass is 127. The summed E-state index contributed by atoms with van der Waals surface area (Å²) in [5.74, 6) is 0.410. The van der Waals surface area contributed by atoms with E-state index >= 15 is 0 Å². The van der Waals surface area contributed by atoms with E-state index in [4.69, 9.17) is 11.5 Å².